The molecular weight excluding hydrogens is 508 g/mol. The van der Waals surface area contributed by atoms with Crippen molar-refractivity contribution in [2.24, 2.45) is 0 Å². The first kappa shape index (κ1) is 24.3. The minimum absolute atomic E-state index is 0.116. The van der Waals surface area contributed by atoms with Crippen LogP contribution >= 0.6 is 0 Å². The third kappa shape index (κ3) is 3.89. The highest BCUT2D eigenvalue weighted by Gasteiger charge is 2.31. The molecule has 5 aromatic rings. The van der Waals surface area contributed by atoms with E-state index in [1.165, 1.54) is 0 Å². The molecule has 1 fully saturated rings. The van der Waals surface area contributed by atoms with Gasteiger partial charge in [-0.25, -0.2) is 15.0 Å². The molecule has 0 aliphatic carbocycles. The van der Waals surface area contributed by atoms with Gasteiger partial charge in [0.15, 0.2) is 5.65 Å². The standard InChI is InChI=1S/C29H28N8O3/c1-35(2)15-21-17(16-10-26(38)36(3)14-16)5-7-24(34-21)33-20-6-4-18(19-11-31-28(39)27(19)20)23-12-30-25-13-32-29-22(37(23)25)8-9-40-29/h4-9,12-13,16H,10-11,14-15H2,1-3H3,(H,31,39)(H,33,34)/t16-/m1/s1. The highest BCUT2D eigenvalue weighted by Crippen LogP contribution is 2.37. The number of fused-ring (bicyclic) bond motifs is 4. The molecule has 11 nitrogen and oxygen atoms in total. The normalized spacial score (nSPS) is 16.9. The van der Waals surface area contributed by atoms with Gasteiger partial charge in [0, 0.05) is 50.7 Å². The molecule has 7 rings (SSSR count). The van der Waals surface area contributed by atoms with E-state index < -0.39 is 0 Å². The van der Waals surface area contributed by atoms with Crippen molar-refractivity contribution >= 4 is 40.2 Å². The van der Waals surface area contributed by atoms with Crippen LogP contribution in [0.4, 0.5) is 11.5 Å². The molecule has 202 valence electrons. The summed E-state index contributed by atoms with van der Waals surface area (Å²) in [6, 6.07) is 9.77. The fourth-order valence-electron chi connectivity index (χ4n) is 5.86. The fourth-order valence-corrected chi connectivity index (χ4v) is 5.86. The van der Waals surface area contributed by atoms with Gasteiger partial charge in [-0.1, -0.05) is 12.1 Å². The molecule has 0 unspecified atom stereocenters. The third-order valence-electron chi connectivity index (χ3n) is 7.71. The number of hydrogen-bond acceptors (Lipinski definition) is 8. The maximum Gasteiger partial charge on any atom is 0.254 e. The lowest BCUT2D eigenvalue weighted by atomic mass is 9.96. The smallest absolute Gasteiger partial charge is 0.254 e. The lowest BCUT2D eigenvalue weighted by Crippen LogP contribution is -2.19. The molecule has 1 saturated heterocycles. The second kappa shape index (κ2) is 9.16. The van der Waals surface area contributed by atoms with Crippen molar-refractivity contribution in [3.8, 4) is 11.3 Å². The zero-order valence-electron chi connectivity index (χ0n) is 22.4. The molecule has 1 aromatic carbocycles. The molecule has 2 aliphatic heterocycles. The number of furan rings is 1. The van der Waals surface area contributed by atoms with Crippen molar-refractivity contribution in [2.75, 3.05) is 33.0 Å². The minimum atomic E-state index is -0.138. The summed E-state index contributed by atoms with van der Waals surface area (Å²) in [5, 5.41) is 6.39. The fraction of sp³-hybridized carbons (Fsp3) is 0.276. The van der Waals surface area contributed by atoms with Crippen LogP contribution in [0.1, 0.15) is 39.5 Å². The van der Waals surface area contributed by atoms with E-state index in [0.29, 0.717) is 54.5 Å². The number of likely N-dealkylation sites (N-methyl/N-ethyl adjacent to an activating group) is 1. The van der Waals surface area contributed by atoms with Crippen molar-refractivity contribution < 1.29 is 14.0 Å². The number of carbonyl (C=O) groups is 2. The highest BCUT2D eigenvalue weighted by atomic mass is 16.3. The van der Waals surface area contributed by atoms with Crippen LogP contribution in [0.2, 0.25) is 0 Å². The summed E-state index contributed by atoms with van der Waals surface area (Å²) in [4.78, 5) is 42.9. The quantitative estimate of drug-likeness (QED) is 0.338. The summed E-state index contributed by atoms with van der Waals surface area (Å²) in [5.41, 5.74) is 7.97. The van der Waals surface area contributed by atoms with Crippen LogP contribution in [0.5, 0.6) is 0 Å². The average molecular weight is 537 g/mol. The number of nitrogens with one attached hydrogen (secondary N) is 2. The highest BCUT2D eigenvalue weighted by molar-refractivity contribution is 6.06. The molecule has 4 aromatic heterocycles. The molecule has 2 amide bonds. The largest absolute Gasteiger partial charge is 0.445 e. The van der Waals surface area contributed by atoms with Gasteiger partial charge in [-0.05, 0) is 37.4 Å². The van der Waals surface area contributed by atoms with Gasteiger partial charge in [-0.3, -0.25) is 14.0 Å². The number of pyridine rings is 1. The van der Waals surface area contributed by atoms with Crippen molar-refractivity contribution in [3.63, 3.8) is 0 Å². The Hall–Kier alpha value is -4.77. The molecule has 0 saturated carbocycles. The van der Waals surface area contributed by atoms with E-state index in [2.05, 4.69) is 31.6 Å². The topological polar surface area (TPSA) is 121 Å². The first-order valence-electron chi connectivity index (χ1n) is 13.2. The van der Waals surface area contributed by atoms with E-state index in [0.717, 1.165) is 33.6 Å². The third-order valence-corrected chi connectivity index (χ3v) is 7.71. The van der Waals surface area contributed by atoms with Gasteiger partial charge in [0.25, 0.3) is 5.91 Å². The van der Waals surface area contributed by atoms with E-state index in [1.807, 2.05) is 49.8 Å². The summed E-state index contributed by atoms with van der Waals surface area (Å²) in [7, 11) is 5.84. The molecule has 2 N–H and O–H groups in total. The van der Waals surface area contributed by atoms with Gasteiger partial charge in [0.2, 0.25) is 11.6 Å². The maximum absolute atomic E-state index is 13.1. The molecule has 0 spiro atoms. The number of carbonyl (C=O) groups excluding carboxylic acids is 2. The maximum atomic E-state index is 13.1. The number of aromatic nitrogens is 4. The number of anilines is 2. The van der Waals surface area contributed by atoms with Crippen LogP contribution in [0.3, 0.4) is 0 Å². The van der Waals surface area contributed by atoms with Gasteiger partial charge in [-0.15, -0.1) is 0 Å². The van der Waals surface area contributed by atoms with Crippen molar-refractivity contribution in [3.05, 3.63) is 71.4 Å². The summed E-state index contributed by atoms with van der Waals surface area (Å²) < 4.78 is 7.50. The Morgan fingerprint density at radius 3 is 2.80 bits per heavy atom. The number of hydrogen-bond donors (Lipinski definition) is 2. The molecule has 0 bridgehead atoms. The van der Waals surface area contributed by atoms with Crippen molar-refractivity contribution in [1.82, 2.24) is 34.5 Å². The Labute approximate surface area is 229 Å². The number of rotatable bonds is 6. The van der Waals surface area contributed by atoms with Crippen LogP contribution in [0.15, 0.2) is 53.4 Å². The molecule has 40 heavy (non-hydrogen) atoms. The predicted molar refractivity (Wildman–Crippen MR) is 149 cm³/mol. The monoisotopic (exact) mass is 536 g/mol. The number of benzene rings is 1. The zero-order chi connectivity index (χ0) is 27.5. The SMILES string of the molecule is CN(C)Cc1nc(Nc2ccc(-c3cnc4cnc5occc5n34)c3c2C(=O)NC3)ccc1[C@@H]1CC(=O)N(C)C1. The van der Waals surface area contributed by atoms with E-state index in [1.54, 1.807) is 23.6 Å². The van der Waals surface area contributed by atoms with Gasteiger partial charge in [0.05, 0.1) is 41.3 Å². The van der Waals surface area contributed by atoms with Gasteiger partial charge < -0.3 is 24.9 Å². The van der Waals surface area contributed by atoms with Crippen molar-refractivity contribution in [2.45, 2.75) is 25.4 Å². The first-order valence-corrected chi connectivity index (χ1v) is 13.2. The van der Waals surface area contributed by atoms with Crippen LogP contribution in [0, 0.1) is 0 Å². The van der Waals surface area contributed by atoms with Crippen LogP contribution < -0.4 is 10.6 Å². The number of imidazole rings is 1. The minimum Gasteiger partial charge on any atom is -0.445 e. The second-order valence-corrected chi connectivity index (χ2v) is 10.7. The Bertz CT molecular complexity index is 1820. The number of likely N-dealkylation sites (tertiary alicyclic amines) is 1. The van der Waals surface area contributed by atoms with E-state index >= 15 is 0 Å². The van der Waals surface area contributed by atoms with E-state index in [-0.39, 0.29) is 17.7 Å². The molecule has 11 heteroatoms. The Morgan fingerprint density at radius 1 is 1.12 bits per heavy atom. The molecule has 2 aliphatic rings. The van der Waals surface area contributed by atoms with Crippen LogP contribution in [0.25, 0.3) is 28.1 Å². The second-order valence-electron chi connectivity index (χ2n) is 10.7. The molecule has 1 atom stereocenters. The van der Waals surface area contributed by atoms with Gasteiger partial charge >= 0.3 is 0 Å². The van der Waals surface area contributed by atoms with Crippen LogP contribution in [-0.2, 0) is 17.9 Å². The molecule has 6 heterocycles. The average Bonchev–Trinajstić information content (AvgIpc) is 3.71. The summed E-state index contributed by atoms with van der Waals surface area (Å²) in [6.07, 6.45) is 5.57. The number of amides is 2. The van der Waals surface area contributed by atoms with Gasteiger partial charge in [-0.2, -0.15) is 0 Å². The zero-order valence-corrected chi connectivity index (χ0v) is 22.4. The summed E-state index contributed by atoms with van der Waals surface area (Å²) in [6.45, 7) is 1.74. The lowest BCUT2D eigenvalue weighted by Gasteiger charge is -2.19. The Morgan fingerprint density at radius 2 is 2.00 bits per heavy atom. The molecule has 0 radical (unpaired) electrons. The van der Waals surface area contributed by atoms with Crippen molar-refractivity contribution in [1.29, 1.82) is 0 Å². The number of nitrogens with zero attached hydrogens (tertiary/aromatic N) is 6. The van der Waals surface area contributed by atoms with E-state index in [9.17, 15) is 9.59 Å². The lowest BCUT2D eigenvalue weighted by molar-refractivity contribution is -0.126. The van der Waals surface area contributed by atoms with Crippen LogP contribution in [-0.4, -0.2) is 68.7 Å². The summed E-state index contributed by atoms with van der Waals surface area (Å²) in [5.74, 6) is 0.779. The van der Waals surface area contributed by atoms with E-state index in [4.69, 9.17) is 9.40 Å². The van der Waals surface area contributed by atoms with Gasteiger partial charge in [0.1, 0.15) is 11.3 Å². The summed E-state index contributed by atoms with van der Waals surface area (Å²) >= 11 is 0. The molecular formula is C29H28N8O3. The predicted octanol–water partition coefficient (Wildman–Crippen LogP) is 3.53. The Balaban J connectivity index is 1.28. The first-order chi connectivity index (χ1) is 19.4. The Kier molecular flexibility index (Phi) is 5.56.